The van der Waals surface area contributed by atoms with Crippen molar-refractivity contribution < 1.29 is 0 Å². The molecule has 1 heterocycles. The molecular formula is C14H24N2. The molecule has 0 aliphatic heterocycles. The van der Waals surface area contributed by atoms with Crippen LogP contribution < -0.4 is 5.73 Å². The van der Waals surface area contributed by atoms with Gasteiger partial charge in [-0.05, 0) is 30.4 Å². The van der Waals surface area contributed by atoms with Gasteiger partial charge in [0.05, 0.1) is 0 Å². The number of aromatic nitrogens is 1. The third-order valence-corrected chi connectivity index (χ3v) is 3.21. The zero-order chi connectivity index (χ0) is 12.0. The number of hydrogen-bond donors (Lipinski definition) is 1. The SMILES string of the molecule is CCCC(C)C(N)Cc1ccc(CC)cn1. The van der Waals surface area contributed by atoms with Crippen LogP contribution in [0.3, 0.4) is 0 Å². The highest BCUT2D eigenvalue weighted by Crippen LogP contribution is 2.13. The fraction of sp³-hybridized carbons (Fsp3) is 0.643. The van der Waals surface area contributed by atoms with Crippen molar-refractivity contribution in [1.82, 2.24) is 4.98 Å². The largest absolute Gasteiger partial charge is 0.327 e. The molecule has 0 fully saturated rings. The van der Waals surface area contributed by atoms with E-state index in [1.165, 1.54) is 18.4 Å². The molecule has 2 nitrogen and oxygen atoms in total. The van der Waals surface area contributed by atoms with E-state index in [2.05, 4.69) is 37.9 Å². The maximum atomic E-state index is 6.17. The lowest BCUT2D eigenvalue weighted by Crippen LogP contribution is -2.30. The van der Waals surface area contributed by atoms with Crippen LogP contribution in [0.2, 0.25) is 0 Å². The fourth-order valence-electron chi connectivity index (χ4n) is 1.90. The van der Waals surface area contributed by atoms with Gasteiger partial charge in [-0.2, -0.15) is 0 Å². The molecule has 0 aliphatic rings. The van der Waals surface area contributed by atoms with E-state index in [9.17, 15) is 0 Å². The molecule has 0 bridgehead atoms. The van der Waals surface area contributed by atoms with Gasteiger partial charge in [-0.15, -0.1) is 0 Å². The van der Waals surface area contributed by atoms with Crippen LogP contribution in [0.1, 0.15) is 44.9 Å². The molecule has 0 aromatic carbocycles. The molecule has 0 radical (unpaired) electrons. The first-order valence-electron chi connectivity index (χ1n) is 6.36. The molecule has 1 rings (SSSR count). The molecule has 2 heteroatoms. The van der Waals surface area contributed by atoms with Gasteiger partial charge < -0.3 is 5.73 Å². The molecule has 2 N–H and O–H groups in total. The fourth-order valence-corrected chi connectivity index (χ4v) is 1.90. The summed E-state index contributed by atoms with van der Waals surface area (Å²) in [7, 11) is 0. The summed E-state index contributed by atoms with van der Waals surface area (Å²) < 4.78 is 0. The summed E-state index contributed by atoms with van der Waals surface area (Å²) >= 11 is 0. The number of hydrogen-bond acceptors (Lipinski definition) is 2. The third-order valence-electron chi connectivity index (χ3n) is 3.21. The van der Waals surface area contributed by atoms with Gasteiger partial charge in [0.1, 0.15) is 0 Å². The van der Waals surface area contributed by atoms with Crippen molar-refractivity contribution in [1.29, 1.82) is 0 Å². The molecule has 2 atom stereocenters. The second-order valence-corrected chi connectivity index (χ2v) is 4.65. The standard InChI is InChI=1S/C14H24N2/c1-4-6-11(3)14(15)9-13-8-7-12(5-2)10-16-13/h7-8,10-11,14H,4-6,9,15H2,1-3H3. The minimum Gasteiger partial charge on any atom is -0.327 e. The molecule has 0 saturated carbocycles. The Morgan fingerprint density at radius 3 is 2.56 bits per heavy atom. The first-order valence-corrected chi connectivity index (χ1v) is 6.36. The average Bonchev–Trinajstić information content (AvgIpc) is 2.30. The summed E-state index contributed by atoms with van der Waals surface area (Å²) in [5.74, 6) is 0.581. The van der Waals surface area contributed by atoms with Gasteiger partial charge in [-0.25, -0.2) is 0 Å². The summed E-state index contributed by atoms with van der Waals surface area (Å²) in [6, 6.07) is 4.50. The molecule has 0 saturated heterocycles. The van der Waals surface area contributed by atoms with Crippen molar-refractivity contribution >= 4 is 0 Å². The second-order valence-electron chi connectivity index (χ2n) is 4.65. The molecule has 0 amide bonds. The Hall–Kier alpha value is -0.890. The Labute approximate surface area is 99.3 Å². The summed E-state index contributed by atoms with van der Waals surface area (Å²) in [4.78, 5) is 4.45. The lowest BCUT2D eigenvalue weighted by molar-refractivity contribution is 0.417. The smallest absolute Gasteiger partial charge is 0.0419 e. The topological polar surface area (TPSA) is 38.9 Å². The number of nitrogens with zero attached hydrogens (tertiary/aromatic N) is 1. The minimum atomic E-state index is 0.236. The van der Waals surface area contributed by atoms with Crippen molar-refractivity contribution in [3.63, 3.8) is 0 Å². The number of nitrogens with two attached hydrogens (primary N) is 1. The zero-order valence-electron chi connectivity index (χ0n) is 10.7. The van der Waals surface area contributed by atoms with Crippen molar-refractivity contribution in [3.8, 4) is 0 Å². The van der Waals surface area contributed by atoms with Gasteiger partial charge >= 0.3 is 0 Å². The summed E-state index contributed by atoms with van der Waals surface area (Å²) in [6.07, 6.45) is 6.31. The predicted octanol–water partition coefficient (Wildman–Crippen LogP) is 2.95. The van der Waals surface area contributed by atoms with Gasteiger partial charge in [0, 0.05) is 24.4 Å². The highest BCUT2D eigenvalue weighted by Gasteiger charge is 2.12. The Kier molecular flexibility index (Phi) is 5.47. The zero-order valence-corrected chi connectivity index (χ0v) is 10.7. The van der Waals surface area contributed by atoms with E-state index in [-0.39, 0.29) is 6.04 Å². The van der Waals surface area contributed by atoms with Crippen molar-refractivity contribution in [3.05, 3.63) is 29.6 Å². The average molecular weight is 220 g/mol. The number of pyridine rings is 1. The lowest BCUT2D eigenvalue weighted by atomic mass is 9.94. The van der Waals surface area contributed by atoms with Crippen LogP contribution in [0.5, 0.6) is 0 Å². The van der Waals surface area contributed by atoms with Crippen LogP contribution in [0.4, 0.5) is 0 Å². The third kappa shape index (κ3) is 3.93. The van der Waals surface area contributed by atoms with Gasteiger partial charge in [0.25, 0.3) is 0 Å². The molecule has 2 unspecified atom stereocenters. The van der Waals surface area contributed by atoms with E-state index in [4.69, 9.17) is 5.73 Å². The normalized spacial score (nSPS) is 14.8. The van der Waals surface area contributed by atoms with Crippen LogP contribution in [0.25, 0.3) is 0 Å². The van der Waals surface area contributed by atoms with Crippen molar-refractivity contribution in [2.45, 2.75) is 52.5 Å². The molecular weight excluding hydrogens is 196 g/mol. The van der Waals surface area contributed by atoms with Gasteiger partial charge in [0.15, 0.2) is 0 Å². The molecule has 90 valence electrons. The molecule has 16 heavy (non-hydrogen) atoms. The molecule has 0 spiro atoms. The molecule has 1 aromatic rings. The van der Waals surface area contributed by atoms with E-state index in [0.717, 1.165) is 18.5 Å². The highest BCUT2D eigenvalue weighted by atomic mass is 14.7. The maximum absolute atomic E-state index is 6.17. The lowest BCUT2D eigenvalue weighted by Gasteiger charge is -2.18. The molecule has 1 aromatic heterocycles. The first-order chi connectivity index (χ1) is 7.67. The van der Waals surface area contributed by atoms with E-state index >= 15 is 0 Å². The van der Waals surface area contributed by atoms with Gasteiger partial charge in [-0.1, -0.05) is 33.3 Å². The second kappa shape index (κ2) is 6.64. The van der Waals surface area contributed by atoms with Crippen LogP contribution in [0, 0.1) is 5.92 Å². The highest BCUT2D eigenvalue weighted by molar-refractivity contribution is 5.14. The Morgan fingerprint density at radius 2 is 2.06 bits per heavy atom. The van der Waals surface area contributed by atoms with E-state index < -0.39 is 0 Å². The van der Waals surface area contributed by atoms with Gasteiger partial charge in [0.2, 0.25) is 0 Å². The molecule has 0 aliphatic carbocycles. The monoisotopic (exact) mass is 220 g/mol. The Bertz CT molecular complexity index is 292. The van der Waals surface area contributed by atoms with Crippen LogP contribution in [-0.2, 0) is 12.8 Å². The van der Waals surface area contributed by atoms with E-state index in [1.807, 2.05) is 6.20 Å². The number of aryl methyl sites for hydroxylation is 1. The summed E-state index contributed by atoms with van der Waals surface area (Å²) in [5, 5.41) is 0. The van der Waals surface area contributed by atoms with E-state index in [0.29, 0.717) is 5.92 Å². The van der Waals surface area contributed by atoms with Crippen LogP contribution in [-0.4, -0.2) is 11.0 Å². The summed E-state index contributed by atoms with van der Waals surface area (Å²) in [6.45, 7) is 6.58. The first kappa shape index (κ1) is 13.2. The summed E-state index contributed by atoms with van der Waals surface area (Å²) in [5.41, 5.74) is 8.57. The maximum Gasteiger partial charge on any atom is 0.0419 e. The van der Waals surface area contributed by atoms with Gasteiger partial charge in [-0.3, -0.25) is 4.98 Å². The Morgan fingerprint density at radius 1 is 1.31 bits per heavy atom. The van der Waals surface area contributed by atoms with E-state index in [1.54, 1.807) is 0 Å². The van der Waals surface area contributed by atoms with Crippen molar-refractivity contribution in [2.75, 3.05) is 0 Å². The van der Waals surface area contributed by atoms with Crippen LogP contribution in [0.15, 0.2) is 18.3 Å². The predicted molar refractivity (Wildman–Crippen MR) is 69.4 cm³/mol. The quantitative estimate of drug-likeness (QED) is 0.800. The van der Waals surface area contributed by atoms with Crippen molar-refractivity contribution in [2.24, 2.45) is 11.7 Å². The number of rotatable bonds is 6. The minimum absolute atomic E-state index is 0.236. The Balaban J connectivity index is 2.52. The van der Waals surface area contributed by atoms with Crippen LogP contribution >= 0.6 is 0 Å².